The number of rotatable bonds is 1. The summed E-state index contributed by atoms with van der Waals surface area (Å²) >= 11 is 0.0888. The molecule has 0 bridgehead atoms. The van der Waals surface area contributed by atoms with Gasteiger partial charge in [0.15, 0.2) is 0 Å². The normalized spacial score (nSPS) is 10.3. The zero-order chi connectivity index (χ0) is 9.26. The third kappa shape index (κ3) is 1.58. The van der Waals surface area contributed by atoms with Crippen LogP contribution in [-0.2, 0) is 0 Å². The number of nitrogens with zero attached hydrogens (tertiary/aromatic N) is 2. The quantitative estimate of drug-likeness (QED) is 0.707. The summed E-state index contributed by atoms with van der Waals surface area (Å²) in [5, 5.41) is 0. The van der Waals surface area contributed by atoms with Crippen LogP contribution >= 0.6 is 0 Å². The molecule has 0 aliphatic rings. The first-order valence-corrected chi connectivity index (χ1v) is 5.66. The van der Waals surface area contributed by atoms with Gasteiger partial charge in [-0.05, 0) is 0 Å². The van der Waals surface area contributed by atoms with E-state index in [0.29, 0.717) is 0 Å². The molecule has 1 aromatic carbocycles. The zero-order valence-corrected chi connectivity index (χ0v) is 9.33. The molecule has 0 spiro atoms. The van der Waals surface area contributed by atoms with Gasteiger partial charge in [0.1, 0.15) is 0 Å². The summed E-state index contributed by atoms with van der Waals surface area (Å²) in [5.41, 5.74) is 4.89. The van der Waals surface area contributed by atoms with Crippen molar-refractivity contribution in [3.8, 4) is 11.3 Å². The van der Waals surface area contributed by atoms with Crippen LogP contribution in [0.15, 0.2) is 24.4 Å². The van der Waals surface area contributed by atoms with Gasteiger partial charge in [0.2, 0.25) is 0 Å². The van der Waals surface area contributed by atoms with Gasteiger partial charge >= 0.3 is 83.5 Å². The Morgan fingerprint density at radius 3 is 2.77 bits per heavy atom. The molecule has 0 N–H and O–H groups in total. The Morgan fingerprint density at radius 2 is 2.08 bits per heavy atom. The van der Waals surface area contributed by atoms with Gasteiger partial charge in [-0.3, -0.25) is 0 Å². The number of benzene rings is 1. The van der Waals surface area contributed by atoms with Crippen molar-refractivity contribution in [1.82, 2.24) is 7.96 Å². The van der Waals surface area contributed by atoms with Crippen molar-refractivity contribution in [1.29, 1.82) is 0 Å². The minimum absolute atomic E-state index is 0.0888. The zero-order valence-electron chi connectivity index (χ0n) is 7.61. The standard InChI is InChI=1S/C10H10N2Se/c1-7-4-3-5-9(8(7)2)10-6-11-13-12-10/h3-6H,1-2H3. The average Bonchev–Trinajstić information content (AvgIpc) is 2.62. The van der Waals surface area contributed by atoms with E-state index in [2.05, 4.69) is 40.0 Å². The first kappa shape index (κ1) is 8.67. The molecule has 2 rings (SSSR count). The Bertz CT molecular complexity index is 407. The molecule has 0 aliphatic carbocycles. The fourth-order valence-corrected chi connectivity index (χ4v) is 2.21. The molecule has 0 saturated carbocycles. The predicted octanol–water partition coefficient (Wildman–Crippen LogP) is 1.82. The van der Waals surface area contributed by atoms with E-state index in [-0.39, 0.29) is 15.0 Å². The Labute approximate surface area is 83.9 Å². The van der Waals surface area contributed by atoms with Crippen LogP contribution in [0.4, 0.5) is 0 Å². The number of hydrogen-bond donors (Lipinski definition) is 0. The molecule has 0 amide bonds. The summed E-state index contributed by atoms with van der Waals surface area (Å²) in [4.78, 5) is 0. The van der Waals surface area contributed by atoms with Gasteiger partial charge in [0.05, 0.1) is 0 Å². The van der Waals surface area contributed by atoms with Gasteiger partial charge in [-0.25, -0.2) is 0 Å². The monoisotopic (exact) mass is 238 g/mol. The van der Waals surface area contributed by atoms with Crippen LogP contribution in [0, 0.1) is 13.8 Å². The van der Waals surface area contributed by atoms with Gasteiger partial charge in [0, 0.05) is 0 Å². The number of hydrogen-bond acceptors (Lipinski definition) is 2. The molecule has 1 heterocycles. The summed E-state index contributed by atoms with van der Waals surface area (Å²) in [5.74, 6) is 0. The summed E-state index contributed by atoms with van der Waals surface area (Å²) < 4.78 is 8.51. The van der Waals surface area contributed by atoms with Crippen molar-refractivity contribution >= 4 is 15.0 Å². The molecule has 0 unspecified atom stereocenters. The SMILES string of the molecule is Cc1cccc(-c2cn[se]n2)c1C. The second kappa shape index (κ2) is 3.44. The van der Waals surface area contributed by atoms with Gasteiger partial charge in [-0.2, -0.15) is 0 Å². The molecule has 66 valence electrons. The maximum atomic E-state index is 4.36. The Hall–Kier alpha value is -0.921. The van der Waals surface area contributed by atoms with E-state index >= 15 is 0 Å². The Balaban J connectivity index is 2.59. The third-order valence-electron chi connectivity index (χ3n) is 2.24. The third-order valence-corrected chi connectivity index (χ3v) is 3.24. The van der Waals surface area contributed by atoms with Crippen LogP contribution in [0.25, 0.3) is 11.3 Å². The van der Waals surface area contributed by atoms with E-state index in [1.807, 2.05) is 6.20 Å². The molecule has 3 heteroatoms. The van der Waals surface area contributed by atoms with Crippen molar-refractivity contribution in [3.05, 3.63) is 35.5 Å². The fraction of sp³-hybridized carbons (Fsp3) is 0.200. The van der Waals surface area contributed by atoms with Gasteiger partial charge in [-0.1, -0.05) is 0 Å². The van der Waals surface area contributed by atoms with Crippen molar-refractivity contribution in [2.75, 3.05) is 0 Å². The van der Waals surface area contributed by atoms with E-state index in [9.17, 15) is 0 Å². The van der Waals surface area contributed by atoms with Gasteiger partial charge in [0.25, 0.3) is 0 Å². The van der Waals surface area contributed by atoms with Crippen LogP contribution in [-0.4, -0.2) is 22.9 Å². The van der Waals surface area contributed by atoms with E-state index in [1.54, 1.807) is 0 Å². The van der Waals surface area contributed by atoms with Crippen LogP contribution in [0.1, 0.15) is 11.1 Å². The second-order valence-electron chi connectivity index (χ2n) is 3.04. The van der Waals surface area contributed by atoms with Crippen molar-refractivity contribution in [2.45, 2.75) is 13.8 Å². The first-order chi connectivity index (χ1) is 6.29. The topological polar surface area (TPSA) is 25.8 Å². The van der Waals surface area contributed by atoms with Crippen molar-refractivity contribution < 1.29 is 0 Å². The molecule has 2 aromatic rings. The maximum absolute atomic E-state index is 4.36. The molecule has 0 radical (unpaired) electrons. The van der Waals surface area contributed by atoms with Gasteiger partial charge in [-0.15, -0.1) is 0 Å². The molecule has 13 heavy (non-hydrogen) atoms. The van der Waals surface area contributed by atoms with Crippen molar-refractivity contribution in [2.24, 2.45) is 0 Å². The van der Waals surface area contributed by atoms with E-state index in [1.165, 1.54) is 16.7 Å². The molecule has 0 atom stereocenters. The predicted molar refractivity (Wildman–Crippen MR) is 53.9 cm³/mol. The molecular weight excluding hydrogens is 227 g/mol. The van der Waals surface area contributed by atoms with Crippen LogP contribution in [0.2, 0.25) is 0 Å². The first-order valence-electron chi connectivity index (χ1n) is 4.13. The fourth-order valence-electron chi connectivity index (χ4n) is 1.31. The second-order valence-corrected chi connectivity index (χ2v) is 4.21. The average molecular weight is 237 g/mol. The number of aryl methyl sites for hydroxylation is 1. The molecule has 2 nitrogen and oxygen atoms in total. The summed E-state index contributed by atoms with van der Waals surface area (Å²) in [6.07, 6.45) is 1.88. The Morgan fingerprint density at radius 1 is 1.23 bits per heavy atom. The molecule has 0 aliphatic heterocycles. The molecule has 0 saturated heterocycles. The van der Waals surface area contributed by atoms with E-state index in [4.69, 9.17) is 0 Å². The van der Waals surface area contributed by atoms with Crippen molar-refractivity contribution in [3.63, 3.8) is 0 Å². The van der Waals surface area contributed by atoms with Crippen LogP contribution in [0.3, 0.4) is 0 Å². The summed E-state index contributed by atoms with van der Waals surface area (Å²) in [6.45, 7) is 4.25. The summed E-state index contributed by atoms with van der Waals surface area (Å²) in [7, 11) is 0. The number of aromatic nitrogens is 2. The van der Waals surface area contributed by atoms with Gasteiger partial charge < -0.3 is 0 Å². The molecule has 0 fully saturated rings. The van der Waals surface area contributed by atoms with E-state index < -0.39 is 0 Å². The molecular formula is C10H10N2Se. The molecule has 1 aromatic heterocycles. The minimum atomic E-state index is 0.0888. The van der Waals surface area contributed by atoms with Crippen LogP contribution in [0.5, 0.6) is 0 Å². The van der Waals surface area contributed by atoms with Crippen LogP contribution < -0.4 is 0 Å². The van der Waals surface area contributed by atoms with E-state index in [0.717, 1.165) is 5.69 Å². The Kier molecular flexibility index (Phi) is 2.30. The summed E-state index contributed by atoms with van der Waals surface area (Å²) in [6, 6.07) is 6.30.